The van der Waals surface area contributed by atoms with Crippen molar-refractivity contribution in [1.29, 1.82) is 21.0 Å². The molecule has 92 heavy (non-hydrogen) atoms. The molecule has 0 N–H and O–H groups in total. The summed E-state index contributed by atoms with van der Waals surface area (Å²) in [5.41, 5.74) is 20.6. The maximum absolute atomic E-state index is 14.1. The summed E-state index contributed by atoms with van der Waals surface area (Å²) in [5.74, 6) is -0.409. The number of nitriles is 4. The third kappa shape index (κ3) is 8.16. The summed E-state index contributed by atoms with van der Waals surface area (Å²) in [4.78, 5) is 34.3. The van der Waals surface area contributed by atoms with Gasteiger partial charge >= 0.3 is 0 Å². The van der Waals surface area contributed by atoms with Crippen LogP contribution in [-0.2, 0) is 10.8 Å². The van der Waals surface area contributed by atoms with Gasteiger partial charge in [-0.15, -0.1) is 45.3 Å². The summed E-state index contributed by atoms with van der Waals surface area (Å²) in [7, 11) is 0. The molecular formula is C82H48N4O2S4. The second-order valence-electron chi connectivity index (χ2n) is 24.0. The van der Waals surface area contributed by atoms with Crippen molar-refractivity contribution in [3.8, 4) is 66.0 Å². The fourth-order valence-electron chi connectivity index (χ4n) is 14.6. The largest absolute Gasteiger partial charge is 0.289 e. The van der Waals surface area contributed by atoms with Crippen LogP contribution < -0.4 is 0 Å². The van der Waals surface area contributed by atoms with Gasteiger partial charge in [-0.1, -0.05) is 192 Å². The molecule has 10 heteroatoms. The van der Waals surface area contributed by atoms with Gasteiger partial charge in [0.25, 0.3) is 0 Å². The Morgan fingerprint density at radius 3 is 1.02 bits per heavy atom. The molecule has 0 radical (unpaired) electrons. The van der Waals surface area contributed by atoms with E-state index in [1.807, 2.05) is 59.1 Å². The van der Waals surface area contributed by atoms with E-state index in [2.05, 4.69) is 198 Å². The Morgan fingerprint density at radius 2 is 0.696 bits per heavy atom. The molecule has 432 valence electrons. The summed E-state index contributed by atoms with van der Waals surface area (Å²) >= 11 is 6.96. The molecule has 12 aromatic rings. The summed E-state index contributed by atoms with van der Waals surface area (Å²) in [6.45, 7) is 8.58. The number of thiophene rings is 4. The molecule has 0 aliphatic heterocycles. The molecule has 16 rings (SSSR count). The van der Waals surface area contributed by atoms with Crippen LogP contribution >= 0.6 is 45.3 Å². The van der Waals surface area contributed by atoms with E-state index >= 15 is 0 Å². The second-order valence-corrected chi connectivity index (χ2v) is 28.2. The molecule has 0 unspecified atom stereocenters. The van der Waals surface area contributed by atoms with E-state index in [1.165, 1.54) is 97.0 Å². The molecule has 8 aromatic carbocycles. The Bertz CT molecular complexity index is 5100. The summed E-state index contributed by atoms with van der Waals surface area (Å²) in [6, 6.07) is 81.2. The van der Waals surface area contributed by atoms with E-state index in [9.17, 15) is 30.6 Å². The Kier molecular flexibility index (Phi) is 13.1. The number of ketones is 2. The van der Waals surface area contributed by atoms with Gasteiger partial charge in [-0.2, -0.15) is 21.0 Å². The predicted molar refractivity (Wildman–Crippen MR) is 374 cm³/mol. The lowest BCUT2D eigenvalue weighted by atomic mass is 9.66. The van der Waals surface area contributed by atoms with Gasteiger partial charge in [0.2, 0.25) is 0 Å². The standard InChI is InChI=1S/C82H48N4O2S4/c1-45-13-23-53(24-14-45)81(54-25-15-46(2)16-26-54)67-37-49(69-35-31-57(89-69)39-65-71(51(41-83)42-84)59-9-5-7-11-61(59)75(65)87)21-33-63(67)77-73(81)79-80(91-77)74-78(92-79)64-34-22-50(38-68(64)82(74,55-27-17-47(3)18-28-55)56-29-19-48(4)20-30-56)70-36-32-58(90-70)40-66-72(52(43-85)44-86)60-10-6-8-12-62(60)76(66)88/h5-40H,1-4H3/b65-39-,66-40-. The van der Waals surface area contributed by atoms with Crippen LogP contribution in [0, 0.1) is 73.0 Å². The predicted octanol–water partition coefficient (Wildman–Crippen LogP) is 20.5. The molecule has 0 fully saturated rings. The van der Waals surface area contributed by atoms with Gasteiger partial charge in [-0.05, 0) is 143 Å². The topological polar surface area (TPSA) is 129 Å². The number of nitrogens with zero attached hydrogens (tertiary/aromatic N) is 4. The highest BCUT2D eigenvalue weighted by Crippen LogP contribution is 2.69. The van der Waals surface area contributed by atoms with Gasteiger partial charge in [0.1, 0.15) is 35.4 Å². The minimum atomic E-state index is -0.768. The van der Waals surface area contributed by atoms with E-state index in [-0.39, 0.29) is 22.7 Å². The normalized spacial score (nSPS) is 15.1. The third-order valence-electron chi connectivity index (χ3n) is 18.8. The van der Waals surface area contributed by atoms with Crippen molar-refractivity contribution in [3.05, 3.63) is 327 Å². The summed E-state index contributed by atoms with van der Waals surface area (Å²) < 4.78 is 2.50. The summed E-state index contributed by atoms with van der Waals surface area (Å²) in [5, 5.41) is 40.4. The number of benzene rings is 8. The number of carbonyl (C=O) groups is 2. The highest BCUT2D eigenvalue weighted by Gasteiger charge is 2.54. The van der Waals surface area contributed by atoms with Crippen molar-refractivity contribution >= 4 is 89.6 Å². The summed E-state index contributed by atoms with van der Waals surface area (Å²) in [6.07, 6.45) is 3.68. The second kappa shape index (κ2) is 21.4. The number of aryl methyl sites for hydroxylation is 4. The van der Waals surface area contributed by atoms with E-state index in [0.717, 1.165) is 30.6 Å². The van der Waals surface area contributed by atoms with Crippen LogP contribution in [0.2, 0.25) is 0 Å². The number of hydrogen-bond donors (Lipinski definition) is 0. The van der Waals surface area contributed by atoms with Crippen LogP contribution in [0.15, 0.2) is 229 Å². The SMILES string of the molecule is Cc1ccc(C2(c3ccc(C)cc3)c3cc(-c4ccc(/C=C5\C(=O)c6ccccc6C5=C(C#N)C#N)s4)ccc3-c3sc4c5c(sc4c32)-c2ccc(-c3ccc(/C=C4\C(=O)c6ccccc6C4=C(C#N)C#N)s3)cc2C5(c2ccc(C)cc2)c2ccc(C)cc2)cc1. The maximum Gasteiger partial charge on any atom is 0.194 e. The fourth-order valence-corrected chi connectivity index (χ4v) is 19.6. The Morgan fingerprint density at radius 1 is 0.370 bits per heavy atom. The average molecular weight is 1250 g/mol. The van der Waals surface area contributed by atoms with E-state index in [0.29, 0.717) is 44.5 Å². The molecule has 4 aliphatic carbocycles. The molecule has 4 aromatic heterocycles. The number of fused-ring (bicyclic) bond motifs is 11. The minimum absolute atomic E-state index is 0.0882. The van der Waals surface area contributed by atoms with Crippen LogP contribution in [0.5, 0.6) is 0 Å². The number of hydrogen-bond acceptors (Lipinski definition) is 10. The Balaban J connectivity index is 0.905. The van der Waals surface area contributed by atoms with Crippen molar-refractivity contribution < 1.29 is 9.59 Å². The van der Waals surface area contributed by atoms with Gasteiger partial charge in [-0.25, -0.2) is 0 Å². The molecule has 0 spiro atoms. The zero-order valence-electron chi connectivity index (χ0n) is 50.0. The smallest absolute Gasteiger partial charge is 0.194 e. The molecule has 0 saturated carbocycles. The molecule has 4 aliphatic rings. The van der Waals surface area contributed by atoms with E-state index in [4.69, 9.17) is 0 Å². The lowest BCUT2D eigenvalue weighted by Gasteiger charge is -2.35. The molecule has 0 bridgehead atoms. The molecule has 4 heterocycles. The Labute approximate surface area is 548 Å². The first-order valence-corrected chi connectivity index (χ1v) is 33.3. The van der Waals surface area contributed by atoms with E-state index < -0.39 is 10.8 Å². The number of rotatable bonds is 8. The van der Waals surface area contributed by atoms with Crippen molar-refractivity contribution in [1.82, 2.24) is 0 Å². The molecule has 0 atom stereocenters. The monoisotopic (exact) mass is 1250 g/mol. The first-order valence-electron chi connectivity index (χ1n) is 30.1. The van der Waals surface area contributed by atoms with Gasteiger partial charge in [0.15, 0.2) is 11.6 Å². The highest BCUT2D eigenvalue weighted by molar-refractivity contribution is 7.32. The number of allylic oxidation sites excluding steroid dienone is 6. The Hall–Kier alpha value is -10.9. The van der Waals surface area contributed by atoms with Gasteiger partial charge < -0.3 is 0 Å². The fraction of sp³-hybridized carbons (Fsp3) is 0.0732. The van der Waals surface area contributed by atoms with Crippen molar-refractivity contribution in [2.24, 2.45) is 0 Å². The molecule has 0 saturated heterocycles. The van der Waals surface area contributed by atoms with Crippen LogP contribution in [0.1, 0.15) is 108 Å². The van der Waals surface area contributed by atoms with Gasteiger partial charge in [-0.3, -0.25) is 9.59 Å². The molecule has 0 amide bonds. The number of Topliss-reactive ketones (excluding diaryl/α,β-unsaturated/α-hetero) is 2. The zero-order valence-corrected chi connectivity index (χ0v) is 53.3. The molecular weight excluding hydrogens is 1200 g/mol. The lowest BCUT2D eigenvalue weighted by Crippen LogP contribution is -2.29. The maximum atomic E-state index is 14.1. The van der Waals surface area contributed by atoms with Crippen LogP contribution in [0.4, 0.5) is 0 Å². The third-order valence-corrected chi connectivity index (χ3v) is 23.6. The van der Waals surface area contributed by atoms with Crippen LogP contribution in [0.3, 0.4) is 0 Å². The van der Waals surface area contributed by atoms with Crippen molar-refractivity contribution in [2.45, 2.75) is 38.5 Å². The number of carbonyl (C=O) groups excluding carboxylic acids is 2. The average Bonchev–Trinajstić information content (AvgIpc) is 1.49. The highest BCUT2D eigenvalue weighted by atomic mass is 32.1. The quantitative estimate of drug-likeness (QED) is 0.110. The van der Waals surface area contributed by atoms with Gasteiger partial charge in [0.05, 0.1) is 20.2 Å². The van der Waals surface area contributed by atoms with Crippen LogP contribution in [0.25, 0.3) is 74.5 Å². The lowest BCUT2D eigenvalue weighted by molar-refractivity contribution is 0.103. The van der Waals surface area contributed by atoms with Crippen molar-refractivity contribution in [3.63, 3.8) is 0 Å². The van der Waals surface area contributed by atoms with E-state index in [1.54, 1.807) is 59.1 Å². The van der Waals surface area contributed by atoms with Crippen molar-refractivity contribution in [2.75, 3.05) is 0 Å². The first kappa shape index (κ1) is 56.3. The minimum Gasteiger partial charge on any atom is -0.289 e. The van der Waals surface area contributed by atoms with Crippen LogP contribution in [-0.4, -0.2) is 11.6 Å². The van der Waals surface area contributed by atoms with Gasteiger partial charge in [0, 0.05) is 73.8 Å². The zero-order chi connectivity index (χ0) is 62.9. The molecule has 6 nitrogen and oxygen atoms in total. The first-order chi connectivity index (χ1) is 44.9.